The number of thiazole rings is 1. The monoisotopic (exact) mass is 466 g/mol. The van der Waals surface area contributed by atoms with E-state index in [4.69, 9.17) is 18.6 Å². The summed E-state index contributed by atoms with van der Waals surface area (Å²) in [7, 11) is 2.21. The number of benzene rings is 1. The van der Waals surface area contributed by atoms with E-state index < -0.39 is 16.0 Å². The standard InChI is InChI=1S/C20H22N2O7S2/c1-12-18(30-19(21-12)13-6-8-15(26-4)16(10-13)27-5)20(23)28-11-14-7-9-17(29-14)31(24,25)22(2)3/h6-10H,11H2,1-5H3. The van der Waals surface area contributed by atoms with Crippen molar-refractivity contribution in [3.8, 4) is 22.1 Å². The SMILES string of the molecule is COc1ccc(-c2nc(C)c(C(=O)OCc3ccc(S(=O)(=O)N(C)C)o3)s2)cc1OC. The fraction of sp³-hybridized carbons (Fsp3) is 0.300. The average molecular weight is 467 g/mol. The first-order valence-electron chi connectivity index (χ1n) is 9.05. The van der Waals surface area contributed by atoms with Gasteiger partial charge in [-0.3, -0.25) is 0 Å². The first-order chi connectivity index (χ1) is 14.7. The number of furan rings is 1. The lowest BCUT2D eigenvalue weighted by Crippen LogP contribution is -2.21. The summed E-state index contributed by atoms with van der Waals surface area (Å²) >= 11 is 1.19. The third-order valence-corrected chi connectivity index (χ3v) is 7.21. The summed E-state index contributed by atoms with van der Waals surface area (Å²) in [5, 5.41) is 0.413. The molecule has 2 aromatic heterocycles. The third kappa shape index (κ3) is 4.73. The molecule has 0 bridgehead atoms. The average Bonchev–Trinajstić information content (AvgIpc) is 3.38. The molecule has 166 valence electrons. The van der Waals surface area contributed by atoms with Crippen LogP contribution in [0, 0.1) is 6.92 Å². The fourth-order valence-corrected chi connectivity index (χ4v) is 4.40. The van der Waals surface area contributed by atoms with Crippen LogP contribution in [0.4, 0.5) is 0 Å². The summed E-state index contributed by atoms with van der Waals surface area (Å²) in [6.45, 7) is 1.51. The van der Waals surface area contributed by atoms with Crippen molar-refractivity contribution < 1.29 is 31.8 Å². The summed E-state index contributed by atoms with van der Waals surface area (Å²) in [5.74, 6) is 0.790. The maximum atomic E-state index is 12.6. The number of esters is 1. The van der Waals surface area contributed by atoms with Gasteiger partial charge in [0.1, 0.15) is 22.3 Å². The second-order valence-corrected chi connectivity index (χ2v) is 9.67. The Balaban J connectivity index is 1.74. The molecule has 1 aromatic carbocycles. The van der Waals surface area contributed by atoms with Gasteiger partial charge in [0.05, 0.1) is 19.9 Å². The molecule has 31 heavy (non-hydrogen) atoms. The predicted molar refractivity (Wildman–Crippen MR) is 114 cm³/mol. The molecule has 0 aliphatic carbocycles. The molecule has 0 fully saturated rings. The van der Waals surface area contributed by atoms with Gasteiger partial charge in [0.25, 0.3) is 10.0 Å². The number of methoxy groups -OCH3 is 2. The van der Waals surface area contributed by atoms with Crippen LogP contribution in [0.15, 0.2) is 39.8 Å². The van der Waals surface area contributed by atoms with Gasteiger partial charge in [0.2, 0.25) is 5.09 Å². The molecule has 11 heteroatoms. The molecule has 0 saturated carbocycles. The maximum absolute atomic E-state index is 12.6. The number of carbonyl (C=O) groups is 1. The van der Waals surface area contributed by atoms with Crippen LogP contribution in [-0.2, 0) is 21.4 Å². The fourth-order valence-electron chi connectivity index (χ4n) is 2.64. The van der Waals surface area contributed by atoms with Crippen molar-refractivity contribution in [1.82, 2.24) is 9.29 Å². The van der Waals surface area contributed by atoms with Crippen LogP contribution in [-0.4, -0.2) is 52.0 Å². The zero-order chi connectivity index (χ0) is 22.8. The van der Waals surface area contributed by atoms with Gasteiger partial charge >= 0.3 is 5.97 Å². The topological polar surface area (TPSA) is 108 Å². The van der Waals surface area contributed by atoms with Gasteiger partial charge in [-0.15, -0.1) is 11.3 Å². The number of rotatable bonds is 8. The number of ether oxygens (including phenoxy) is 3. The molecule has 9 nitrogen and oxygen atoms in total. The van der Waals surface area contributed by atoms with Crippen molar-refractivity contribution in [3.05, 3.63) is 46.7 Å². The normalized spacial score (nSPS) is 11.5. The molecular formula is C20H22N2O7S2. The van der Waals surface area contributed by atoms with E-state index in [0.717, 1.165) is 9.87 Å². The second-order valence-electron chi connectivity index (χ2n) is 6.59. The molecule has 2 heterocycles. The largest absolute Gasteiger partial charge is 0.493 e. The zero-order valence-electron chi connectivity index (χ0n) is 17.7. The van der Waals surface area contributed by atoms with Crippen LogP contribution in [0.5, 0.6) is 11.5 Å². The van der Waals surface area contributed by atoms with Crippen molar-refractivity contribution in [2.24, 2.45) is 0 Å². The minimum atomic E-state index is -3.69. The van der Waals surface area contributed by atoms with E-state index in [9.17, 15) is 13.2 Å². The van der Waals surface area contributed by atoms with Gasteiger partial charge in [-0.25, -0.2) is 22.5 Å². The molecule has 0 spiro atoms. The minimum Gasteiger partial charge on any atom is -0.493 e. The molecule has 0 saturated heterocycles. The molecule has 0 aliphatic rings. The van der Waals surface area contributed by atoms with Crippen molar-refractivity contribution in [2.75, 3.05) is 28.3 Å². The lowest BCUT2D eigenvalue weighted by Gasteiger charge is -2.08. The van der Waals surface area contributed by atoms with Gasteiger partial charge < -0.3 is 18.6 Å². The number of aromatic nitrogens is 1. The Morgan fingerprint density at radius 1 is 1.13 bits per heavy atom. The number of carbonyl (C=O) groups excluding carboxylic acids is 1. The van der Waals surface area contributed by atoms with E-state index in [1.54, 1.807) is 33.3 Å². The summed E-state index contributed by atoms with van der Waals surface area (Å²) in [4.78, 5) is 17.4. The summed E-state index contributed by atoms with van der Waals surface area (Å²) in [6, 6.07) is 8.15. The second kappa shape index (κ2) is 9.08. The Hall–Kier alpha value is -2.89. The molecule has 3 aromatic rings. The number of hydrogen-bond acceptors (Lipinski definition) is 9. The molecule has 0 amide bonds. The van der Waals surface area contributed by atoms with E-state index >= 15 is 0 Å². The lowest BCUT2D eigenvalue weighted by atomic mass is 10.2. The highest BCUT2D eigenvalue weighted by molar-refractivity contribution is 7.88. The molecule has 0 radical (unpaired) electrons. The van der Waals surface area contributed by atoms with E-state index in [1.165, 1.54) is 37.6 Å². The van der Waals surface area contributed by atoms with Crippen LogP contribution in [0.25, 0.3) is 10.6 Å². The summed E-state index contributed by atoms with van der Waals surface area (Å²) in [6.07, 6.45) is 0. The Labute approximate surface area is 184 Å². The Morgan fingerprint density at radius 3 is 2.48 bits per heavy atom. The van der Waals surface area contributed by atoms with Gasteiger partial charge in [0, 0.05) is 19.7 Å². The third-order valence-electron chi connectivity index (χ3n) is 4.33. The van der Waals surface area contributed by atoms with Crippen LogP contribution < -0.4 is 9.47 Å². The van der Waals surface area contributed by atoms with E-state index in [-0.39, 0.29) is 17.5 Å². The predicted octanol–water partition coefficient (Wildman–Crippen LogP) is 3.34. The molecular weight excluding hydrogens is 444 g/mol. The Kier molecular flexibility index (Phi) is 6.68. The van der Waals surface area contributed by atoms with Gasteiger partial charge in [-0.05, 0) is 37.3 Å². The first-order valence-corrected chi connectivity index (χ1v) is 11.3. The number of nitrogens with zero attached hydrogens (tertiary/aromatic N) is 2. The summed E-state index contributed by atoms with van der Waals surface area (Å²) in [5.41, 5.74) is 1.30. The number of hydrogen-bond donors (Lipinski definition) is 0. The minimum absolute atomic E-state index is 0.204. The lowest BCUT2D eigenvalue weighted by molar-refractivity contribution is 0.0445. The van der Waals surface area contributed by atoms with Crippen LogP contribution in [0.3, 0.4) is 0 Å². The highest BCUT2D eigenvalue weighted by Gasteiger charge is 2.23. The Morgan fingerprint density at radius 2 is 1.84 bits per heavy atom. The van der Waals surface area contributed by atoms with E-state index in [0.29, 0.717) is 27.1 Å². The summed E-state index contributed by atoms with van der Waals surface area (Å²) < 4.78 is 46.3. The van der Waals surface area contributed by atoms with Gasteiger partial charge in [-0.1, -0.05) is 0 Å². The van der Waals surface area contributed by atoms with E-state index in [1.807, 2.05) is 6.07 Å². The molecule has 0 aliphatic heterocycles. The van der Waals surface area contributed by atoms with Crippen molar-refractivity contribution in [3.63, 3.8) is 0 Å². The van der Waals surface area contributed by atoms with Crippen molar-refractivity contribution in [1.29, 1.82) is 0 Å². The van der Waals surface area contributed by atoms with E-state index in [2.05, 4.69) is 4.98 Å². The molecule has 0 unspecified atom stereocenters. The highest BCUT2D eigenvalue weighted by atomic mass is 32.2. The van der Waals surface area contributed by atoms with Crippen molar-refractivity contribution >= 4 is 27.3 Å². The first kappa shape index (κ1) is 22.8. The van der Waals surface area contributed by atoms with Gasteiger partial charge in [-0.2, -0.15) is 0 Å². The smallest absolute Gasteiger partial charge is 0.350 e. The highest BCUT2D eigenvalue weighted by Crippen LogP contribution is 2.35. The molecule has 3 rings (SSSR count). The van der Waals surface area contributed by atoms with Gasteiger partial charge in [0.15, 0.2) is 11.5 Å². The zero-order valence-corrected chi connectivity index (χ0v) is 19.3. The van der Waals surface area contributed by atoms with Crippen LogP contribution in [0.2, 0.25) is 0 Å². The number of sulfonamides is 1. The molecule has 0 N–H and O–H groups in total. The Bertz CT molecular complexity index is 1200. The maximum Gasteiger partial charge on any atom is 0.350 e. The van der Waals surface area contributed by atoms with Crippen LogP contribution >= 0.6 is 11.3 Å². The number of aryl methyl sites for hydroxylation is 1. The molecule has 0 atom stereocenters. The van der Waals surface area contributed by atoms with Crippen LogP contribution in [0.1, 0.15) is 21.1 Å². The quantitative estimate of drug-likeness (QED) is 0.465. The van der Waals surface area contributed by atoms with Crippen molar-refractivity contribution in [2.45, 2.75) is 18.6 Å².